The fourth-order valence-corrected chi connectivity index (χ4v) is 6.10. The predicted octanol–water partition coefficient (Wildman–Crippen LogP) is 5.23. The van der Waals surface area contributed by atoms with Crippen LogP contribution in [0.3, 0.4) is 0 Å². The van der Waals surface area contributed by atoms with Crippen molar-refractivity contribution in [1.82, 2.24) is 9.80 Å². The maximum atomic E-state index is 10.6. The van der Waals surface area contributed by atoms with E-state index in [0.29, 0.717) is 17.8 Å². The van der Waals surface area contributed by atoms with Crippen LogP contribution in [-0.4, -0.2) is 60.8 Å². The van der Waals surface area contributed by atoms with E-state index in [1.807, 2.05) is 0 Å². The first-order chi connectivity index (χ1) is 15.6. The molecule has 1 aromatic carbocycles. The number of benzene rings is 1. The highest BCUT2D eigenvalue weighted by molar-refractivity contribution is 5.23. The number of allylic oxidation sites excluding steroid dienone is 3. The Labute approximate surface area is 196 Å². The van der Waals surface area contributed by atoms with Crippen LogP contribution in [0.25, 0.3) is 0 Å². The van der Waals surface area contributed by atoms with Gasteiger partial charge in [-0.3, -0.25) is 0 Å². The van der Waals surface area contributed by atoms with Crippen LogP contribution in [0, 0.1) is 24.7 Å². The average molecular weight is 437 g/mol. The first kappa shape index (κ1) is 23.7. The normalized spacial score (nSPS) is 29.0. The summed E-state index contributed by atoms with van der Waals surface area (Å²) < 4.78 is 0. The quantitative estimate of drug-likeness (QED) is 0.402. The van der Waals surface area contributed by atoms with E-state index in [4.69, 9.17) is 0 Å². The summed E-state index contributed by atoms with van der Waals surface area (Å²) in [5.41, 5.74) is 4.42. The van der Waals surface area contributed by atoms with Crippen LogP contribution in [-0.2, 0) is 6.42 Å². The van der Waals surface area contributed by atoms with E-state index in [-0.39, 0.29) is 6.10 Å². The molecule has 3 heteroatoms. The molecule has 0 spiro atoms. The van der Waals surface area contributed by atoms with Gasteiger partial charge in [-0.15, -0.1) is 0 Å². The lowest BCUT2D eigenvalue weighted by Gasteiger charge is -2.32. The second-order valence-electron chi connectivity index (χ2n) is 10.6. The smallest absolute Gasteiger partial charge is 0.0611 e. The first-order valence-corrected chi connectivity index (χ1v) is 13.1. The Morgan fingerprint density at radius 1 is 1.06 bits per heavy atom. The van der Waals surface area contributed by atoms with Crippen LogP contribution in [0.5, 0.6) is 0 Å². The van der Waals surface area contributed by atoms with E-state index in [1.165, 1.54) is 76.0 Å². The van der Waals surface area contributed by atoms with Crippen LogP contribution in [0.2, 0.25) is 0 Å². The lowest BCUT2D eigenvalue weighted by Crippen LogP contribution is -2.44. The highest BCUT2D eigenvalue weighted by Gasteiger charge is 2.43. The molecule has 1 heterocycles. The summed E-state index contributed by atoms with van der Waals surface area (Å²) in [4.78, 5) is 5.07. The number of likely N-dealkylation sites (N-methyl/N-ethyl adjacent to an activating group) is 1. The molecule has 1 N–H and O–H groups in total. The topological polar surface area (TPSA) is 26.7 Å². The first-order valence-electron chi connectivity index (χ1n) is 13.1. The highest BCUT2D eigenvalue weighted by atomic mass is 16.3. The van der Waals surface area contributed by atoms with Crippen molar-refractivity contribution >= 4 is 0 Å². The molecule has 1 aromatic rings. The molecule has 0 unspecified atom stereocenters. The second kappa shape index (κ2) is 11.6. The maximum absolute atomic E-state index is 10.6. The van der Waals surface area contributed by atoms with Gasteiger partial charge < -0.3 is 14.9 Å². The molecule has 176 valence electrons. The molecule has 0 bridgehead atoms. The number of aliphatic hydroxyl groups excluding tert-OH is 1. The summed E-state index contributed by atoms with van der Waals surface area (Å²) in [5, 5.41) is 10.6. The summed E-state index contributed by atoms with van der Waals surface area (Å²) in [6.45, 7) is 8.37. The molecule has 0 aromatic heterocycles. The SMILES string of the molecule is Cc1cccc(CC/C=C/[C@@H]2[C@H]3CC(CCCCCN4CCN(C)CC4)=C[C@H]3C[C@H]2O)c1. The Kier molecular flexibility index (Phi) is 8.62. The fourth-order valence-electron chi connectivity index (χ4n) is 6.10. The molecular weight excluding hydrogens is 392 g/mol. The monoisotopic (exact) mass is 436 g/mol. The van der Waals surface area contributed by atoms with Crippen molar-refractivity contribution in [2.75, 3.05) is 39.8 Å². The number of hydrogen-bond acceptors (Lipinski definition) is 3. The Morgan fingerprint density at radius 3 is 2.72 bits per heavy atom. The molecule has 4 atom stereocenters. The molecule has 1 saturated heterocycles. The van der Waals surface area contributed by atoms with Gasteiger partial charge in [0.05, 0.1) is 6.10 Å². The summed E-state index contributed by atoms with van der Waals surface area (Å²) in [6.07, 6.45) is 16.7. The fraction of sp³-hybridized carbons (Fsp3) is 0.655. The molecule has 2 aliphatic carbocycles. The van der Waals surface area contributed by atoms with Gasteiger partial charge in [-0.25, -0.2) is 0 Å². The van der Waals surface area contributed by atoms with Crippen LogP contribution >= 0.6 is 0 Å². The molecule has 0 radical (unpaired) electrons. The van der Waals surface area contributed by atoms with Crippen molar-refractivity contribution in [3.63, 3.8) is 0 Å². The van der Waals surface area contributed by atoms with Gasteiger partial charge in [0.25, 0.3) is 0 Å². The number of aliphatic hydroxyl groups is 1. The van der Waals surface area contributed by atoms with Crippen LogP contribution < -0.4 is 0 Å². The van der Waals surface area contributed by atoms with Gasteiger partial charge in [0.2, 0.25) is 0 Å². The standard InChI is InChI=1S/C29H44N2O/c1-23-9-8-12-24(19-23)10-5-6-13-27-28-21-25(20-26(28)22-29(27)32)11-4-3-7-14-31-17-15-30(2)16-18-31/h6,8-9,12-13,19-20,26-29,32H,3-5,7,10-11,14-18,21-22H2,1-2H3/b13-6+/t26-,27+,28-,29+/m0/s1. The molecule has 32 heavy (non-hydrogen) atoms. The number of unbranched alkanes of at least 4 members (excludes halogenated alkanes) is 2. The van der Waals surface area contributed by atoms with E-state index < -0.39 is 0 Å². The summed E-state index contributed by atoms with van der Waals surface area (Å²) in [7, 11) is 2.23. The zero-order valence-electron chi connectivity index (χ0n) is 20.4. The number of rotatable bonds is 10. The van der Waals surface area contributed by atoms with Gasteiger partial charge in [0, 0.05) is 32.1 Å². The minimum atomic E-state index is -0.151. The minimum Gasteiger partial charge on any atom is -0.392 e. The number of fused-ring (bicyclic) bond motifs is 1. The Hall–Kier alpha value is -1.42. The van der Waals surface area contributed by atoms with Crippen molar-refractivity contribution in [1.29, 1.82) is 0 Å². The Bertz CT molecular complexity index is 777. The Morgan fingerprint density at radius 2 is 1.91 bits per heavy atom. The van der Waals surface area contributed by atoms with Crippen molar-refractivity contribution in [2.45, 2.75) is 64.4 Å². The molecule has 0 amide bonds. The predicted molar refractivity (Wildman–Crippen MR) is 135 cm³/mol. The van der Waals surface area contributed by atoms with Crippen LogP contribution in [0.15, 0.2) is 48.1 Å². The van der Waals surface area contributed by atoms with Crippen molar-refractivity contribution in [2.24, 2.45) is 17.8 Å². The Balaban J connectivity index is 1.14. The summed E-state index contributed by atoms with van der Waals surface area (Å²) in [5.74, 6) is 1.60. The molecule has 1 aliphatic heterocycles. The maximum Gasteiger partial charge on any atom is 0.0611 e. The molecule has 3 aliphatic rings. The molecule has 3 nitrogen and oxygen atoms in total. The number of aryl methyl sites for hydroxylation is 2. The van der Waals surface area contributed by atoms with Crippen molar-refractivity contribution in [3.8, 4) is 0 Å². The molecule has 4 rings (SSSR count). The third-order valence-corrected chi connectivity index (χ3v) is 8.06. The van der Waals surface area contributed by atoms with E-state index in [2.05, 4.69) is 66.3 Å². The average Bonchev–Trinajstić information content (AvgIpc) is 3.29. The van der Waals surface area contributed by atoms with E-state index in [0.717, 1.165) is 19.3 Å². The number of hydrogen-bond donors (Lipinski definition) is 1. The largest absolute Gasteiger partial charge is 0.392 e. The lowest BCUT2D eigenvalue weighted by atomic mass is 9.88. The van der Waals surface area contributed by atoms with Crippen molar-refractivity contribution < 1.29 is 5.11 Å². The lowest BCUT2D eigenvalue weighted by molar-refractivity contribution is 0.141. The van der Waals surface area contributed by atoms with Gasteiger partial charge in [-0.05, 0) is 82.9 Å². The van der Waals surface area contributed by atoms with Gasteiger partial charge >= 0.3 is 0 Å². The second-order valence-corrected chi connectivity index (χ2v) is 10.6. The highest BCUT2D eigenvalue weighted by Crippen LogP contribution is 2.48. The summed E-state index contributed by atoms with van der Waals surface area (Å²) in [6, 6.07) is 8.82. The molecule has 1 saturated carbocycles. The van der Waals surface area contributed by atoms with Crippen LogP contribution in [0.4, 0.5) is 0 Å². The number of piperazine rings is 1. The third kappa shape index (κ3) is 6.56. The van der Waals surface area contributed by atoms with Gasteiger partial charge in [0.1, 0.15) is 0 Å². The van der Waals surface area contributed by atoms with Gasteiger partial charge in [-0.2, -0.15) is 0 Å². The zero-order valence-corrected chi connectivity index (χ0v) is 20.4. The van der Waals surface area contributed by atoms with Gasteiger partial charge in [0.15, 0.2) is 0 Å². The molecule has 2 fully saturated rings. The molecular formula is C29H44N2O. The van der Waals surface area contributed by atoms with E-state index >= 15 is 0 Å². The van der Waals surface area contributed by atoms with E-state index in [9.17, 15) is 5.11 Å². The van der Waals surface area contributed by atoms with Gasteiger partial charge in [-0.1, -0.05) is 60.1 Å². The van der Waals surface area contributed by atoms with E-state index in [1.54, 1.807) is 5.57 Å². The third-order valence-electron chi connectivity index (χ3n) is 8.06. The van der Waals surface area contributed by atoms with Crippen molar-refractivity contribution in [3.05, 3.63) is 59.2 Å². The van der Waals surface area contributed by atoms with Crippen LogP contribution in [0.1, 0.15) is 56.1 Å². The zero-order chi connectivity index (χ0) is 22.3. The number of nitrogens with zero attached hydrogens (tertiary/aromatic N) is 2. The summed E-state index contributed by atoms with van der Waals surface area (Å²) >= 11 is 0. The minimum absolute atomic E-state index is 0.151.